The van der Waals surface area contributed by atoms with Crippen molar-refractivity contribution in [2.45, 2.75) is 19.4 Å². The molecule has 0 saturated heterocycles. The van der Waals surface area contributed by atoms with Gasteiger partial charge in [-0.15, -0.1) is 0 Å². The maximum atomic E-state index is 11.8. The van der Waals surface area contributed by atoms with Crippen molar-refractivity contribution >= 4 is 5.97 Å². The average molecular weight is 286 g/mol. The third-order valence-corrected chi connectivity index (χ3v) is 3.30. The highest BCUT2D eigenvalue weighted by Gasteiger charge is 2.36. The normalized spacial score (nSPS) is 13.5. The van der Waals surface area contributed by atoms with Gasteiger partial charge in [-0.1, -0.05) is 42.5 Å². The molecule has 110 valence electrons. The first-order chi connectivity index (χ1) is 9.96. The van der Waals surface area contributed by atoms with Crippen LogP contribution in [0.3, 0.4) is 0 Å². The van der Waals surface area contributed by atoms with E-state index in [0.717, 1.165) is 11.1 Å². The molecule has 0 bridgehead atoms. The van der Waals surface area contributed by atoms with Crippen molar-refractivity contribution in [1.29, 1.82) is 0 Å². The SMILES string of the molecule is CCOC(=O)C(C)(O)c1ccc(-c2ccccc2)cc1O. The Morgan fingerprint density at radius 3 is 2.38 bits per heavy atom. The number of aliphatic hydroxyl groups is 1. The molecule has 21 heavy (non-hydrogen) atoms. The molecule has 0 saturated carbocycles. The van der Waals surface area contributed by atoms with Crippen LogP contribution in [0.15, 0.2) is 48.5 Å². The minimum atomic E-state index is -1.88. The molecule has 2 aromatic carbocycles. The Balaban J connectivity index is 2.38. The van der Waals surface area contributed by atoms with Crippen LogP contribution >= 0.6 is 0 Å². The molecule has 0 aromatic heterocycles. The maximum Gasteiger partial charge on any atom is 0.342 e. The Bertz CT molecular complexity index is 632. The van der Waals surface area contributed by atoms with E-state index in [0.29, 0.717) is 0 Å². The summed E-state index contributed by atoms with van der Waals surface area (Å²) in [5.41, 5.74) is -0.0118. The maximum absolute atomic E-state index is 11.8. The third kappa shape index (κ3) is 3.06. The summed E-state index contributed by atoms with van der Waals surface area (Å²) < 4.78 is 4.83. The van der Waals surface area contributed by atoms with Gasteiger partial charge in [0.25, 0.3) is 0 Å². The monoisotopic (exact) mass is 286 g/mol. The third-order valence-electron chi connectivity index (χ3n) is 3.30. The highest BCUT2D eigenvalue weighted by Crippen LogP contribution is 2.33. The summed E-state index contributed by atoms with van der Waals surface area (Å²) in [5, 5.41) is 20.4. The van der Waals surface area contributed by atoms with Crippen LogP contribution in [0.1, 0.15) is 19.4 Å². The first kappa shape index (κ1) is 15.1. The van der Waals surface area contributed by atoms with E-state index >= 15 is 0 Å². The standard InChI is InChI=1S/C17H18O4/c1-3-21-16(19)17(2,20)14-10-9-13(11-15(14)18)12-7-5-4-6-8-12/h4-11,18,20H,3H2,1-2H3. The van der Waals surface area contributed by atoms with Crippen molar-refractivity contribution < 1.29 is 19.7 Å². The van der Waals surface area contributed by atoms with Gasteiger partial charge in [-0.05, 0) is 31.0 Å². The number of carbonyl (C=O) groups is 1. The summed E-state index contributed by atoms with van der Waals surface area (Å²) in [5.74, 6) is -0.929. The quantitative estimate of drug-likeness (QED) is 0.848. The van der Waals surface area contributed by atoms with Crippen LogP contribution in [-0.4, -0.2) is 22.8 Å². The van der Waals surface area contributed by atoms with Gasteiger partial charge in [-0.25, -0.2) is 4.79 Å². The minimum absolute atomic E-state index is 0.126. The predicted molar refractivity (Wildman–Crippen MR) is 79.7 cm³/mol. The highest BCUT2D eigenvalue weighted by atomic mass is 16.5. The molecule has 1 unspecified atom stereocenters. The fourth-order valence-electron chi connectivity index (χ4n) is 2.14. The van der Waals surface area contributed by atoms with E-state index in [4.69, 9.17) is 4.74 Å². The Labute approximate surface area is 123 Å². The average Bonchev–Trinajstić information content (AvgIpc) is 2.48. The van der Waals surface area contributed by atoms with Crippen molar-refractivity contribution in [3.05, 3.63) is 54.1 Å². The number of esters is 1. The second-order valence-electron chi connectivity index (χ2n) is 4.89. The zero-order valence-corrected chi connectivity index (χ0v) is 12.0. The Morgan fingerprint density at radius 1 is 1.14 bits per heavy atom. The second-order valence-corrected chi connectivity index (χ2v) is 4.89. The molecule has 0 spiro atoms. The van der Waals surface area contributed by atoms with Crippen LogP contribution < -0.4 is 0 Å². The summed E-state index contributed by atoms with van der Waals surface area (Å²) in [6.07, 6.45) is 0. The molecule has 0 aliphatic heterocycles. The molecule has 0 aliphatic carbocycles. The molecule has 1 atom stereocenters. The summed E-state index contributed by atoms with van der Waals surface area (Å²) in [6.45, 7) is 3.13. The molecular formula is C17H18O4. The smallest absolute Gasteiger partial charge is 0.342 e. The van der Waals surface area contributed by atoms with Gasteiger partial charge in [0.2, 0.25) is 0 Å². The zero-order chi connectivity index (χ0) is 15.5. The molecule has 0 heterocycles. The summed E-state index contributed by atoms with van der Waals surface area (Å²) in [4.78, 5) is 11.8. The Kier molecular flexibility index (Phi) is 4.29. The fraction of sp³-hybridized carbons (Fsp3) is 0.235. The molecule has 0 aliphatic rings. The molecule has 0 fully saturated rings. The second kappa shape index (κ2) is 5.97. The Hall–Kier alpha value is -2.33. The van der Waals surface area contributed by atoms with E-state index in [-0.39, 0.29) is 17.9 Å². The zero-order valence-electron chi connectivity index (χ0n) is 12.0. The Morgan fingerprint density at radius 2 is 1.81 bits per heavy atom. The number of hydrogen-bond acceptors (Lipinski definition) is 4. The lowest BCUT2D eigenvalue weighted by Crippen LogP contribution is -2.34. The lowest BCUT2D eigenvalue weighted by molar-refractivity contribution is -0.164. The molecule has 0 amide bonds. The molecule has 4 nitrogen and oxygen atoms in total. The number of phenols is 1. The van der Waals surface area contributed by atoms with E-state index in [2.05, 4.69) is 0 Å². The number of phenolic OH excluding ortho intramolecular Hbond substituents is 1. The fourth-order valence-corrected chi connectivity index (χ4v) is 2.14. The predicted octanol–water partition coefficient (Wildman–Crippen LogP) is 2.83. The molecule has 2 aromatic rings. The molecule has 4 heteroatoms. The van der Waals surface area contributed by atoms with Crippen LogP contribution in [0.2, 0.25) is 0 Å². The number of rotatable bonds is 4. The van der Waals surface area contributed by atoms with E-state index in [1.165, 1.54) is 19.1 Å². The van der Waals surface area contributed by atoms with Crippen molar-refractivity contribution in [3.63, 3.8) is 0 Å². The summed E-state index contributed by atoms with van der Waals surface area (Å²) in [7, 11) is 0. The largest absolute Gasteiger partial charge is 0.508 e. The molecule has 2 rings (SSSR count). The number of aromatic hydroxyl groups is 1. The van der Waals surface area contributed by atoms with Crippen molar-refractivity contribution in [2.24, 2.45) is 0 Å². The van der Waals surface area contributed by atoms with Gasteiger partial charge in [0.05, 0.1) is 6.61 Å². The number of carbonyl (C=O) groups excluding carboxylic acids is 1. The van der Waals surface area contributed by atoms with E-state index in [1.54, 1.807) is 13.0 Å². The topological polar surface area (TPSA) is 66.8 Å². The lowest BCUT2D eigenvalue weighted by atomic mass is 9.92. The van der Waals surface area contributed by atoms with Crippen LogP contribution in [0.25, 0.3) is 11.1 Å². The number of hydrogen-bond donors (Lipinski definition) is 2. The van der Waals surface area contributed by atoms with Gasteiger partial charge >= 0.3 is 5.97 Å². The van der Waals surface area contributed by atoms with Gasteiger partial charge in [0.1, 0.15) is 5.75 Å². The summed E-state index contributed by atoms with van der Waals surface area (Å²) in [6, 6.07) is 14.3. The molecule has 0 radical (unpaired) electrons. The van der Waals surface area contributed by atoms with Crippen LogP contribution in [0, 0.1) is 0 Å². The van der Waals surface area contributed by atoms with E-state index in [9.17, 15) is 15.0 Å². The van der Waals surface area contributed by atoms with Gasteiger partial charge in [-0.2, -0.15) is 0 Å². The summed E-state index contributed by atoms with van der Waals surface area (Å²) >= 11 is 0. The van der Waals surface area contributed by atoms with Crippen LogP contribution in [0.5, 0.6) is 5.75 Å². The first-order valence-corrected chi connectivity index (χ1v) is 6.75. The van der Waals surface area contributed by atoms with Crippen LogP contribution in [0.4, 0.5) is 0 Å². The molecule has 2 N–H and O–H groups in total. The highest BCUT2D eigenvalue weighted by molar-refractivity contribution is 5.82. The van der Waals surface area contributed by atoms with Crippen molar-refractivity contribution in [3.8, 4) is 16.9 Å². The number of ether oxygens (including phenoxy) is 1. The minimum Gasteiger partial charge on any atom is -0.508 e. The van der Waals surface area contributed by atoms with Crippen molar-refractivity contribution in [2.75, 3.05) is 6.61 Å². The lowest BCUT2D eigenvalue weighted by Gasteiger charge is -2.22. The number of benzene rings is 2. The van der Waals surface area contributed by atoms with Gasteiger partial charge < -0.3 is 14.9 Å². The van der Waals surface area contributed by atoms with Gasteiger partial charge in [0.15, 0.2) is 5.60 Å². The van der Waals surface area contributed by atoms with Crippen LogP contribution in [-0.2, 0) is 15.1 Å². The van der Waals surface area contributed by atoms with E-state index < -0.39 is 11.6 Å². The molecular weight excluding hydrogens is 268 g/mol. The first-order valence-electron chi connectivity index (χ1n) is 6.75. The van der Waals surface area contributed by atoms with E-state index in [1.807, 2.05) is 30.3 Å². The van der Waals surface area contributed by atoms with Gasteiger partial charge in [0, 0.05) is 5.56 Å². The van der Waals surface area contributed by atoms with Gasteiger partial charge in [-0.3, -0.25) is 0 Å². The van der Waals surface area contributed by atoms with Crippen molar-refractivity contribution in [1.82, 2.24) is 0 Å².